The molecule has 0 aliphatic carbocycles. The minimum Gasteiger partial charge on any atom is -0.426 e. The van der Waals surface area contributed by atoms with Crippen molar-refractivity contribution in [1.82, 2.24) is 5.32 Å². The quantitative estimate of drug-likeness (QED) is 0.379. The van der Waals surface area contributed by atoms with Crippen LogP contribution in [0.1, 0.15) is 0 Å². The zero-order chi connectivity index (χ0) is 11.0. The summed E-state index contributed by atoms with van der Waals surface area (Å²) < 4.78 is 51.4. The lowest BCUT2D eigenvalue weighted by molar-refractivity contribution is -0.241. The molecule has 1 saturated heterocycles. The van der Waals surface area contributed by atoms with E-state index in [2.05, 4.69) is 10.1 Å². The zero-order valence-electron chi connectivity index (χ0n) is 6.77. The lowest BCUT2D eigenvalue weighted by Gasteiger charge is -2.37. The number of aliphatic hydroxyl groups excluding tert-OH is 1. The summed E-state index contributed by atoms with van der Waals surface area (Å²) in [5.41, 5.74) is -2.32. The van der Waals surface area contributed by atoms with E-state index in [1.807, 2.05) is 0 Å². The van der Waals surface area contributed by atoms with E-state index >= 15 is 0 Å². The summed E-state index contributed by atoms with van der Waals surface area (Å²) >= 11 is 0. The lowest BCUT2D eigenvalue weighted by atomic mass is 9.99. The molecule has 4 nitrogen and oxygen atoms in total. The van der Waals surface area contributed by atoms with Gasteiger partial charge in [0, 0.05) is 13.1 Å². The number of alkyl halides is 4. The van der Waals surface area contributed by atoms with E-state index in [0.717, 1.165) is 0 Å². The standard InChI is InChI=1S/C6H7F4NO3/c7-5(1-11-2-5)3(12)14-4(13)6(8,9)10/h3,11-12H,1-2H2. The minimum atomic E-state index is -5.23. The van der Waals surface area contributed by atoms with Gasteiger partial charge in [0.1, 0.15) is 0 Å². The molecule has 14 heavy (non-hydrogen) atoms. The third-order valence-corrected chi connectivity index (χ3v) is 1.73. The number of aliphatic hydroxyl groups is 1. The van der Waals surface area contributed by atoms with E-state index < -0.39 is 24.1 Å². The van der Waals surface area contributed by atoms with Crippen molar-refractivity contribution in [3.8, 4) is 0 Å². The third-order valence-electron chi connectivity index (χ3n) is 1.73. The Labute approximate surface area is 75.8 Å². The maximum Gasteiger partial charge on any atom is 0.491 e. The second-order valence-electron chi connectivity index (χ2n) is 2.89. The molecule has 0 aromatic rings. The number of hydrogen-bond acceptors (Lipinski definition) is 4. The van der Waals surface area contributed by atoms with Gasteiger partial charge in [0.05, 0.1) is 0 Å². The van der Waals surface area contributed by atoms with Crippen molar-refractivity contribution in [2.75, 3.05) is 13.1 Å². The SMILES string of the molecule is O=C(OC(O)C1(F)CNC1)C(F)(F)F. The molecule has 1 atom stereocenters. The van der Waals surface area contributed by atoms with Crippen molar-refractivity contribution in [2.24, 2.45) is 0 Å². The first kappa shape index (κ1) is 11.2. The van der Waals surface area contributed by atoms with Crippen molar-refractivity contribution >= 4 is 5.97 Å². The number of ether oxygens (including phenoxy) is 1. The molecule has 1 aliphatic heterocycles. The average Bonchev–Trinajstić information content (AvgIpc) is 1.98. The molecule has 8 heteroatoms. The van der Waals surface area contributed by atoms with Gasteiger partial charge >= 0.3 is 12.1 Å². The molecule has 1 aliphatic rings. The average molecular weight is 217 g/mol. The minimum absolute atomic E-state index is 0.348. The van der Waals surface area contributed by atoms with Crippen molar-refractivity contribution in [3.05, 3.63) is 0 Å². The van der Waals surface area contributed by atoms with Gasteiger partial charge < -0.3 is 15.2 Å². The highest BCUT2D eigenvalue weighted by molar-refractivity contribution is 5.75. The smallest absolute Gasteiger partial charge is 0.426 e. The number of nitrogens with one attached hydrogen (secondary N) is 1. The van der Waals surface area contributed by atoms with Gasteiger partial charge in [-0.15, -0.1) is 0 Å². The van der Waals surface area contributed by atoms with Crippen LogP contribution in [0.3, 0.4) is 0 Å². The van der Waals surface area contributed by atoms with E-state index in [-0.39, 0.29) is 13.1 Å². The van der Waals surface area contributed by atoms with Crippen LogP contribution in [0.4, 0.5) is 17.6 Å². The number of halogens is 4. The molecule has 0 bridgehead atoms. The van der Waals surface area contributed by atoms with Crippen LogP contribution < -0.4 is 5.32 Å². The Morgan fingerprint density at radius 2 is 2.00 bits per heavy atom. The van der Waals surface area contributed by atoms with Crippen molar-refractivity contribution < 1.29 is 32.2 Å². The van der Waals surface area contributed by atoms with Crippen LogP contribution in [0.15, 0.2) is 0 Å². The van der Waals surface area contributed by atoms with Gasteiger partial charge in [-0.05, 0) is 0 Å². The fourth-order valence-corrected chi connectivity index (χ4v) is 0.812. The number of esters is 1. The number of carbonyl (C=O) groups is 1. The lowest BCUT2D eigenvalue weighted by Crippen LogP contribution is -2.64. The molecule has 82 valence electrons. The summed E-state index contributed by atoms with van der Waals surface area (Å²) in [6, 6.07) is 0. The highest BCUT2D eigenvalue weighted by Gasteiger charge is 2.50. The Kier molecular flexibility index (Phi) is 2.68. The Bertz CT molecular complexity index is 238. The molecule has 0 spiro atoms. The molecular weight excluding hydrogens is 210 g/mol. The van der Waals surface area contributed by atoms with Gasteiger partial charge in [0.25, 0.3) is 0 Å². The summed E-state index contributed by atoms with van der Waals surface area (Å²) in [4.78, 5) is 10.2. The normalized spacial score (nSPS) is 22.4. The predicted molar refractivity (Wildman–Crippen MR) is 34.9 cm³/mol. The summed E-state index contributed by atoms with van der Waals surface area (Å²) in [5.74, 6) is -2.60. The van der Waals surface area contributed by atoms with Crippen molar-refractivity contribution in [3.63, 3.8) is 0 Å². The molecule has 0 aromatic carbocycles. The van der Waals surface area contributed by atoms with Crippen LogP contribution in [-0.4, -0.2) is 42.3 Å². The molecule has 0 saturated carbocycles. The molecule has 1 unspecified atom stereocenters. The Morgan fingerprint density at radius 3 is 2.29 bits per heavy atom. The predicted octanol–water partition coefficient (Wildman–Crippen LogP) is -0.278. The Balaban J connectivity index is 2.48. The van der Waals surface area contributed by atoms with Crippen LogP contribution in [0.25, 0.3) is 0 Å². The number of carbonyl (C=O) groups excluding carboxylic acids is 1. The van der Waals surface area contributed by atoms with Gasteiger partial charge in [0.15, 0.2) is 5.67 Å². The number of rotatable bonds is 2. The molecule has 0 aromatic heterocycles. The monoisotopic (exact) mass is 217 g/mol. The van der Waals surface area contributed by atoms with Crippen LogP contribution >= 0.6 is 0 Å². The molecule has 2 N–H and O–H groups in total. The molecule has 0 radical (unpaired) electrons. The molecule has 0 amide bonds. The highest BCUT2D eigenvalue weighted by atomic mass is 19.4. The molecule has 1 rings (SSSR count). The van der Waals surface area contributed by atoms with Crippen molar-refractivity contribution in [2.45, 2.75) is 18.1 Å². The Hall–Kier alpha value is -0.890. The molecular formula is C6H7F4NO3. The van der Waals surface area contributed by atoms with E-state index in [9.17, 15) is 22.4 Å². The zero-order valence-corrected chi connectivity index (χ0v) is 6.77. The summed E-state index contributed by atoms with van der Waals surface area (Å²) in [6.07, 6.45) is -7.62. The van der Waals surface area contributed by atoms with Gasteiger partial charge in [-0.2, -0.15) is 13.2 Å². The maximum atomic E-state index is 13.1. The summed E-state index contributed by atoms with van der Waals surface area (Å²) in [6.45, 7) is -0.696. The largest absolute Gasteiger partial charge is 0.491 e. The fourth-order valence-electron chi connectivity index (χ4n) is 0.812. The molecule has 1 fully saturated rings. The summed E-state index contributed by atoms with van der Waals surface area (Å²) in [5, 5.41) is 11.2. The second-order valence-corrected chi connectivity index (χ2v) is 2.89. The van der Waals surface area contributed by atoms with Crippen molar-refractivity contribution in [1.29, 1.82) is 0 Å². The first-order chi connectivity index (χ1) is 6.26. The van der Waals surface area contributed by atoms with E-state index in [4.69, 9.17) is 5.11 Å². The number of hydrogen-bond donors (Lipinski definition) is 2. The topological polar surface area (TPSA) is 58.6 Å². The van der Waals surface area contributed by atoms with Gasteiger partial charge in [-0.25, -0.2) is 9.18 Å². The van der Waals surface area contributed by atoms with Gasteiger partial charge in [0.2, 0.25) is 6.29 Å². The van der Waals surface area contributed by atoms with Gasteiger partial charge in [-0.1, -0.05) is 0 Å². The fraction of sp³-hybridized carbons (Fsp3) is 0.833. The third kappa shape index (κ3) is 2.13. The maximum absolute atomic E-state index is 13.1. The van der Waals surface area contributed by atoms with Crippen LogP contribution in [-0.2, 0) is 9.53 Å². The first-order valence-corrected chi connectivity index (χ1v) is 3.61. The first-order valence-electron chi connectivity index (χ1n) is 3.61. The van der Waals surface area contributed by atoms with Crippen LogP contribution in [0.2, 0.25) is 0 Å². The summed E-state index contributed by atoms with van der Waals surface area (Å²) in [7, 11) is 0. The van der Waals surface area contributed by atoms with Crippen LogP contribution in [0, 0.1) is 0 Å². The molecule has 1 heterocycles. The second kappa shape index (κ2) is 3.35. The Morgan fingerprint density at radius 1 is 1.50 bits per heavy atom. The van der Waals surface area contributed by atoms with Crippen LogP contribution in [0.5, 0.6) is 0 Å². The van der Waals surface area contributed by atoms with E-state index in [1.165, 1.54) is 0 Å². The highest BCUT2D eigenvalue weighted by Crippen LogP contribution is 2.25. The van der Waals surface area contributed by atoms with E-state index in [1.54, 1.807) is 0 Å². The van der Waals surface area contributed by atoms with Gasteiger partial charge in [-0.3, -0.25) is 0 Å². The van der Waals surface area contributed by atoms with E-state index in [0.29, 0.717) is 0 Å².